The molecule has 25 heavy (non-hydrogen) atoms. The van der Waals surface area contributed by atoms with Gasteiger partial charge in [0.15, 0.2) is 11.6 Å². The van der Waals surface area contributed by atoms with E-state index in [1.165, 1.54) is 22.8 Å². The number of carbonyl (C=O) groups excluding carboxylic acids is 2. The first-order valence-electron chi connectivity index (χ1n) is 7.40. The lowest BCUT2D eigenvalue weighted by Gasteiger charge is -2.08. The monoisotopic (exact) mass is 344 g/mol. The van der Waals surface area contributed by atoms with Crippen molar-refractivity contribution in [3.63, 3.8) is 0 Å². The molecule has 1 heterocycles. The second-order valence-electron chi connectivity index (χ2n) is 5.68. The largest absolute Gasteiger partial charge is 0.505 e. The molecule has 5 nitrogen and oxygen atoms in total. The van der Waals surface area contributed by atoms with Gasteiger partial charge in [-0.25, -0.2) is 8.78 Å². The summed E-state index contributed by atoms with van der Waals surface area (Å²) >= 11 is 0. The zero-order chi connectivity index (χ0) is 18.3. The molecule has 1 aromatic heterocycles. The van der Waals surface area contributed by atoms with Crippen molar-refractivity contribution in [2.45, 2.75) is 13.3 Å². The molecule has 0 radical (unpaired) electrons. The SMILES string of the molecule is Cc1c(CC(N)=O)c2cc(O)c(F)cc2n1C(=O)c1cccc(F)c1. The number of primary amides is 1. The molecule has 0 aliphatic carbocycles. The Kier molecular flexibility index (Phi) is 4.00. The fourth-order valence-corrected chi connectivity index (χ4v) is 2.90. The lowest BCUT2D eigenvalue weighted by molar-refractivity contribution is -0.117. The highest BCUT2D eigenvalue weighted by Crippen LogP contribution is 2.32. The Labute approximate surface area is 141 Å². The topological polar surface area (TPSA) is 85.3 Å². The summed E-state index contributed by atoms with van der Waals surface area (Å²) < 4.78 is 28.5. The van der Waals surface area contributed by atoms with Crippen molar-refractivity contribution in [2.75, 3.05) is 0 Å². The van der Waals surface area contributed by atoms with Crippen LogP contribution < -0.4 is 5.73 Å². The van der Waals surface area contributed by atoms with Gasteiger partial charge in [-0.05, 0) is 36.8 Å². The minimum absolute atomic E-state index is 0.0686. The van der Waals surface area contributed by atoms with Crippen LogP contribution in [0.15, 0.2) is 36.4 Å². The number of rotatable bonds is 3. The second kappa shape index (κ2) is 6.01. The van der Waals surface area contributed by atoms with Gasteiger partial charge in [0.05, 0.1) is 11.9 Å². The van der Waals surface area contributed by atoms with Crippen molar-refractivity contribution >= 4 is 22.7 Å². The molecule has 0 saturated carbocycles. The second-order valence-corrected chi connectivity index (χ2v) is 5.68. The molecule has 3 N–H and O–H groups in total. The maximum atomic E-state index is 13.8. The van der Waals surface area contributed by atoms with Crippen LogP contribution in [-0.2, 0) is 11.2 Å². The summed E-state index contributed by atoms with van der Waals surface area (Å²) in [6.07, 6.45) is -0.184. The Hall–Kier alpha value is -3.22. The molecule has 7 heteroatoms. The van der Waals surface area contributed by atoms with Crippen LogP contribution in [0.2, 0.25) is 0 Å². The normalized spacial score (nSPS) is 11.0. The molecular formula is C18H14F2N2O3. The summed E-state index contributed by atoms with van der Waals surface area (Å²) in [4.78, 5) is 24.2. The van der Waals surface area contributed by atoms with Crippen LogP contribution in [0, 0.1) is 18.6 Å². The molecule has 2 aromatic carbocycles. The fourth-order valence-electron chi connectivity index (χ4n) is 2.90. The number of nitrogens with two attached hydrogens (primary N) is 1. The van der Waals surface area contributed by atoms with E-state index >= 15 is 0 Å². The summed E-state index contributed by atoms with van der Waals surface area (Å²) in [6.45, 7) is 1.57. The zero-order valence-corrected chi connectivity index (χ0v) is 13.2. The molecule has 0 fully saturated rings. The average Bonchev–Trinajstić information content (AvgIpc) is 2.79. The van der Waals surface area contributed by atoms with E-state index < -0.39 is 29.2 Å². The van der Waals surface area contributed by atoms with E-state index in [0.717, 1.165) is 18.2 Å². The van der Waals surface area contributed by atoms with Crippen LogP contribution in [0.3, 0.4) is 0 Å². The highest BCUT2D eigenvalue weighted by molar-refractivity contribution is 6.05. The first kappa shape index (κ1) is 16.6. The van der Waals surface area contributed by atoms with Gasteiger partial charge in [-0.1, -0.05) is 6.07 Å². The lowest BCUT2D eigenvalue weighted by atomic mass is 10.1. The van der Waals surface area contributed by atoms with Crippen molar-refractivity contribution in [1.82, 2.24) is 4.57 Å². The standard InChI is InChI=1S/C18H14F2N2O3/c1-9-12(7-17(21)24)13-6-16(23)14(20)8-15(13)22(9)18(25)10-3-2-4-11(19)5-10/h2-6,8,23H,7H2,1H3,(H2,21,24). The first-order valence-corrected chi connectivity index (χ1v) is 7.40. The first-order chi connectivity index (χ1) is 11.8. The highest BCUT2D eigenvalue weighted by atomic mass is 19.1. The van der Waals surface area contributed by atoms with Crippen LogP contribution in [0.5, 0.6) is 5.75 Å². The smallest absolute Gasteiger partial charge is 0.262 e. The lowest BCUT2D eigenvalue weighted by Crippen LogP contribution is -2.16. The summed E-state index contributed by atoms with van der Waals surface area (Å²) in [7, 11) is 0. The molecule has 0 saturated heterocycles. The van der Waals surface area contributed by atoms with Gasteiger partial charge in [-0.2, -0.15) is 0 Å². The van der Waals surface area contributed by atoms with Gasteiger partial charge in [0, 0.05) is 22.7 Å². The highest BCUT2D eigenvalue weighted by Gasteiger charge is 2.22. The molecule has 0 aliphatic rings. The van der Waals surface area contributed by atoms with Crippen LogP contribution in [-0.4, -0.2) is 21.5 Å². The number of phenols is 1. The third kappa shape index (κ3) is 2.84. The van der Waals surface area contributed by atoms with E-state index in [0.29, 0.717) is 16.6 Å². The summed E-state index contributed by atoms with van der Waals surface area (Å²) in [6, 6.07) is 7.23. The molecule has 0 bridgehead atoms. The number of carbonyl (C=O) groups is 2. The van der Waals surface area contributed by atoms with Crippen LogP contribution in [0.1, 0.15) is 21.6 Å². The summed E-state index contributed by atoms with van der Waals surface area (Å²) in [5.41, 5.74) is 6.26. The Balaban J connectivity index is 2.30. The van der Waals surface area contributed by atoms with Gasteiger partial charge in [-0.3, -0.25) is 14.2 Å². The number of phenolic OH excluding ortho intramolecular Hbond substituents is 1. The molecule has 0 spiro atoms. The Bertz CT molecular complexity index is 1020. The Morgan fingerprint density at radius 2 is 1.92 bits per heavy atom. The molecular weight excluding hydrogens is 330 g/mol. The molecule has 0 aliphatic heterocycles. The Morgan fingerprint density at radius 1 is 1.20 bits per heavy atom. The van der Waals surface area contributed by atoms with Crippen molar-refractivity contribution in [2.24, 2.45) is 5.73 Å². The van der Waals surface area contributed by atoms with Crippen molar-refractivity contribution in [3.8, 4) is 5.75 Å². The van der Waals surface area contributed by atoms with E-state index in [1.807, 2.05) is 0 Å². The van der Waals surface area contributed by atoms with Crippen molar-refractivity contribution in [3.05, 3.63) is 64.9 Å². The van der Waals surface area contributed by atoms with Crippen LogP contribution in [0.4, 0.5) is 8.78 Å². The van der Waals surface area contributed by atoms with E-state index in [9.17, 15) is 23.5 Å². The van der Waals surface area contributed by atoms with Gasteiger partial charge < -0.3 is 10.8 Å². The third-order valence-corrected chi connectivity index (χ3v) is 4.03. The van der Waals surface area contributed by atoms with E-state index in [2.05, 4.69) is 0 Å². The number of halogens is 2. The van der Waals surface area contributed by atoms with E-state index in [1.54, 1.807) is 6.92 Å². The number of hydrogen-bond donors (Lipinski definition) is 2. The molecule has 0 atom stereocenters. The number of fused-ring (bicyclic) bond motifs is 1. The van der Waals surface area contributed by atoms with E-state index in [4.69, 9.17) is 5.73 Å². The zero-order valence-electron chi connectivity index (χ0n) is 13.2. The maximum absolute atomic E-state index is 13.8. The molecule has 1 amide bonds. The van der Waals surface area contributed by atoms with Gasteiger partial charge in [-0.15, -0.1) is 0 Å². The van der Waals surface area contributed by atoms with Gasteiger partial charge in [0.1, 0.15) is 5.82 Å². The number of benzene rings is 2. The number of aromatic hydroxyl groups is 1. The number of nitrogens with zero attached hydrogens (tertiary/aromatic N) is 1. The van der Waals surface area contributed by atoms with Crippen LogP contribution >= 0.6 is 0 Å². The summed E-state index contributed by atoms with van der Waals surface area (Å²) in [5.74, 6) is -3.31. The van der Waals surface area contributed by atoms with Crippen molar-refractivity contribution < 1.29 is 23.5 Å². The minimum Gasteiger partial charge on any atom is -0.505 e. The molecule has 128 valence electrons. The molecule has 3 aromatic rings. The molecule has 0 unspecified atom stereocenters. The van der Waals surface area contributed by atoms with Gasteiger partial charge in [0.25, 0.3) is 5.91 Å². The fraction of sp³-hybridized carbons (Fsp3) is 0.111. The quantitative estimate of drug-likeness (QED) is 0.766. The minimum atomic E-state index is -0.913. The third-order valence-electron chi connectivity index (χ3n) is 4.03. The maximum Gasteiger partial charge on any atom is 0.262 e. The summed E-state index contributed by atoms with van der Waals surface area (Å²) in [5, 5.41) is 9.97. The predicted octanol–water partition coefficient (Wildman–Crippen LogP) is 2.65. The number of hydrogen-bond acceptors (Lipinski definition) is 3. The van der Waals surface area contributed by atoms with Gasteiger partial charge >= 0.3 is 0 Å². The number of aromatic nitrogens is 1. The Morgan fingerprint density at radius 3 is 2.56 bits per heavy atom. The van der Waals surface area contributed by atoms with E-state index in [-0.39, 0.29) is 17.5 Å². The average molecular weight is 344 g/mol. The number of amides is 1. The molecule has 3 rings (SSSR count). The van der Waals surface area contributed by atoms with Crippen LogP contribution in [0.25, 0.3) is 10.9 Å². The predicted molar refractivity (Wildman–Crippen MR) is 87.3 cm³/mol. The van der Waals surface area contributed by atoms with Crippen molar-refractivity contribution in [1.29, 1.82) is 0 Å². The van der Waals surface area contributed by atoms with Gasteiger partial charge in [0.2, 0.25) is 5.91 Å².